The molecule has 19 heavy (non-hydrogen) atoms. The van der Waals surface area contributed by atoms with Gasteiger partial charge in [-0.3, -0.25) is 0 Å². The molecule has 0 amide bonds. The normalized spacial score (nSPS) is 24.7. The SMILES string of the molecule is Fc1ccc(C2(C(F)(F)C(F)(F)F)CCCN2)cc1. The van der Waals surface area contributed by atoms with Crippen molar-refractivity contribution in [1.29, 1.82) is 0 Å². The molecule has 0 radical (unpaired) electrons. The molecule has 0 aliphatic carbocycles. The van der Waals surface area contributed by atoms with Crippen molar-refractivity contribution in [3.63, 3.8) is 0 Å². The van der Waals surface area contributed by atoms with Crippen molar-refractivity contribution in [3.8, 4) is 0 Å². The van der Waals surface area contributed by atoms with E-state index >= 15 is 0 Å². The third-order valence-corrected chi connectivity index (χ3v) is 3.38. The molecular weight excluding hydrogens is 272 g/mol. The highest BCUT2D eigenvalue weighted by Gasteiger charge is 2.71. The molecule has 1 aromatic carbocycles. The highest BCUT2D eigenvalue weighted by Crippen LogP contribution is 2.52. The summed E-state index contributed by atoms with van der Waals surface area (Å²) in [4.78, 5) is 0. The van der Waals surface area contributed by atoms with E-state index in [0.29, 0.717) is 0 Å². The van der Waals surface area contributed by atoms with Crippen LogP contribution in [0.3, 0.4) is 0 Å². The summed E-state index contributed by atoms with van der Waals surface area (Å²) >= 11 is 0. The third kappa shape index (κ3) is 2.09. The van der Waals surface area contributed by atoms with Gasteiger partial charge >= 0.3 is 12.1 Å². The molecule has 1 nitrogen and oxygen atoms in total. The van der Waals surface area contributed by atoms with Crippen molar-refractivity contribution in [3.05, 3.63) is 35.6 Å². The van der Waals surface area contributed by atoms with E-state index in [0.717, 1.165) is 24.3 Å². The van der Waals surface area contributed by atoms with Gasteiger partial charge in [0.05, 0.1) is 0 Å². The minimum atomic E-state index is -5.67. The highest BCUT2D eigenvalue weighted by molar-refractivity contribution is 5.30. The molecule has 0 bridgehead atoms. The Morgan fingerprint density at radius 1 is 1.00 bits per heavy atom. The van der Waals surface area contributed by atoms with E-state index in [1.165, 1.54) is 0 Å². The Morgan fingerprint density at radius 3 is 2.00 bits per heavy atom. The van der Waals surface area contributed by atoms with Crippen LogP contribution in [0.4, 0.5) is 26.3 Å². The maximum absolute atomic E-state index is 13.8. The molecule has 106 valence electrons. The van der Waals surface area contributed by atoms with Gasteiger partial charge in [-0.15, -0.1) is 0 Å². The Bertz CT molecular complexity index is 444. The average Bonchev–Trinajstić information content (AvgIpc) is 2.79. The van der Waals surface area contributed by atoms with Gasteiger partial charge in [-0.2, -0.15) is 22.0 Å². The van der Waals surface area contributed by atoms with E-state index in [-0.39, 0.29) is 24.9 Å². The molecule has 7 heteroatoms. The van der Waals surface area contributed by atoms with Crippen LogP contribution in [0.15, 0.2) is 24.3 Å². The largest absolute Gasteiger partial charge is 0.455 e. The zero-order chi connectivity index (χ0) is 14.3. The molecule has 1 heterocycles. The van der Waals surface area contributed by atoms with Crippen LogP contribution < -0.4 is 5.32 Å². The summed E-state index contributed by atoms with van der Waals surface area (Å²) in [6.45, 7) is 0.0586. The van der Waals surface area contributed by atoms with Gasteiger partial charge in [0.2, 0.25) is 0 Å². The van der Waals surface area contributed by atoms with Gasteiger partial charge in [0, 0.05) is 0 Å². The van der Waals surface area contributed by atoms with Crippen molar-refractivity contribution in [2.45, 2.75) is 30.5 Å². The van der Waals surface area contributed by atoms with Crippen LogP contribution in [0.1, 0.15) is 18.4 Å². The van der Waals surface area contributed by atoms with Crippen LogP contribution in [-0.4, -0.2) is 18.6 Å². The molecule has 1 aliphatic heterocycles. The first-order chi connectivity index (χ1) is 8.71. The molecular formula is C12H11F6N. The Hall–Kier alpha value is -1.24. The Labute approximate surface area is 105 Å². The molecule has 1 aliphatic rings. The maximum atomic E-state index is 13.8. The molecule has 1 saturated heterocycles. The van der Waals surface area contributed by atoms with E-state index in [9.17, 15) is 26.3 Å². The van der Waals surface area contributed by atoms with Crippen LogP contribution in [0.2, 0.25) is 0 Å². The second kappa shape index (κ2) is 4.40. The quantitative estimate of drug-likeness (QED) is 0.818. The number of rotatable bonds is 2. The highest BCUT2D eigenvalue weighted by atomic mass is 19.4. The zero-order valence-corrected chi connectivity index (χ0v) is 9.70. The van der Waals surface area contributed by atoms with E-state index < -0.39 is 23.5 Å². The first-order valence-corrected chi connectivity index (χ1v) is 5.66. The van der Waals surface area contributed by atoms with E-state index in [1.54, 1.807) is 0 Å². The lowest BCUT2D eigenvalue weighted by Gasteiger charge is -2.38. The first kappa shape index (κ1) is 14.2. The van der Waals surface area contributed by atoms with E-state index in [4.69, 9.17) is 0 Å². The molecule has 0 spiro atoms. The van der Waals surface area contributed by atoms with Crippen molar-refractivity contribution < 1.29 is 26.3 Å². The molecule has 0 saturated carbocycles. The summed E-state index contributed by atoms with van der Waals surface area (Å²) in [5.74, 6) is -5.61. The molecule has 1 fully saturated rings. The second-order valence-corrected chi connectivity index (χ2v) is 4.51. The van der Waals surface area contributed by atoms with Gasteiger partial charge < -0.3 is 5.32 Å². The fourth-order valence-corrected chi connectivity index (χ4v) is 2.42. The van der Waals surface area contributed by atoms with E-state index in [2.05, 4.69) is 5.32 Å². The van der Waals surface area contributed by atoms with Crippen molar-refractivity contribution in [2.24, 2.45) is 0 Å². The van der Waals surface area contributed by atoms with Crippen LogP contribution >= 0.6 is 0 Å². The summed E-state index contributed by atoms with van der Waals surface area (Å²) < 4.78 is 78.3. The van der Waals surface area contributed by atoms with Crippen LogP contribution in [0, 0.1) is 5.82 Å². The Kier molecular flexibility index (Phi) is 3.28. The fourth-order valence-electron chi connectivity index (χ4n) is 2.42. The summed E-state index contributed by atoms with van der Waals surface area (Å²) in [6, 6.07) is 3.69. The van der Waals surface area contributed by atoms with Gasteiger partial charge in [0.15, 0.2) is 0 Å². The lowest BCUT2D eigenvalue weighted by molar-refractivity contribution is -0.312. The Morgan fingerprint density at radius 2 is 1.58 bits per heavy atom. The minimum Gasteiger partial charge on any atom is -0.302 e. The summed E-state index contributed by atoms with van der Waals surface area (Å²) in [5, 5.41) is 2.26. The number of hydrogen-bond acceptors (Lipinski definition) is 1. The summed E-state index contributed by atoms with van der Waals surface area (Å²) in [6.07, 6.45) is -5.83. The lowest BCUT2D eigenvalue weighted by Crippen LogP contribution is -2.59. The number of hydrogen-bond donors (Lipinski definition) is 1. The number of benzene rings is 1. The first-order valence-electron chi connectivity index (χ1n) is 5.66. The smallest absolute Gasteiger partial charge is 0.302 e. The molecule has 1 aromatic rings. The summed E-state index contributed by atoms with van der Waals surface area (Å²) in [7, 11) is 0. The van der Waals surface area contributed by atoms with Crippen LogP contribution in [0.25, 0.3) is 0 Å². The van der Waals surface area contributed by atoms with Crippen molar-refractivity contribution >= 4 is 0 Å². The van der Waals surface area contributed by atoms with Crippen molar-refractivity contribution in [1.82, 2.24) is 5.32 Å². The third-order valence-electron chi connectivity index (χ3n) is 3.38. The average molecular weight is 283 g/mol. The topological polar surface area (TPSA) is 12.0 Å². The number of nitrogens with one attached hydrogen (secondary N) is 1. The van der Waals surface area contributed by atoms with Crippen LogP contribution in [0.5, 0.6) is 0 Å². The molecule has 1 unspecified atom stereocenters. The molecule has 1 N–H and O–H groups in total. The van der Waals surface area contributed by atoms with Crippen LogP contribution in [-0.2, 0) is 5.54 Å². The van der Waals surface area contributed by atoms with Gasteiger partial charge in [0.25, 0.3) is 0 Å². The zero-order valence-electron chi connectivity index (χ0n) is 9.70. The monoisotopic (exact) mass is 283 g/mol. The van der Waals surface area contributed by atoms with E-state index in [1.807, 2.05) is 0 Å². The van der Waals surface area contributed by atoms with Gasteiger partial charge in [0.1, 0.15) is 11.4 Å². The fraction of sp³-hybridized carbons (Fsp3) is 0.500. The predicted octanol–water partition coefficient (Wildman–Crippen LogP) is 3.60. The number of halogens is 6. The number of alkyl halides is 5. The lowest BCUT2D eigenvalue weighted by atomic mass is 9.81. The van der Waals surface area contributed by atoms with Gasteiger partial charge in [-0.25, -0.2) is 4.39 Å². The Balaban J connectivity index is 2.53. The molecule has 0 aromatic heterocycles. The standard InChI is InChI=1S/C12H11F6N/c13-9-4-2-8(3-5-9)10(6-1-7-19-10)11(14,15)12(16,17)18/h2-5,19H,1,6-7H2. The molecule has 1 atom stereocenters. The van der Waals surface area contributed by atoms with Gasteiger partial charge in [-0.1, -0.05) is 12.1 Å². The second-order valence-electron chi connectivity index (χ2n) is 4.51. The van der Waals surface area contributed by atoms with Crippen molar-refractivity contribution in [2.75, 3.05) is 6.54 Å². The molecule has 2 rings (SSSR count). The summed E-state index contributed by atoms with van der Waals surface area (Å²) in [5.41, 5.74) is -2.77. The maximum Gasteiger partial charge on any atom is 0.455 e. The predicted molar refractivity (Wildman–Crippen MR) is 56.3 cm³/mol. The minimum absolute atomic E-state index is 0.0586. The van der Waals surface area contributed by atoms with Gasteiger partial charge in [-0.05, 0) is 37.1 Å².